The van der Waals surface area contributed by atoms with Crippen LogP contribution in [0.4, 0.5) is 5.69 Å². The molecule has 1 heterocycles. The number of rotatable bonds is 6. The van der Waals surface area contributed by atoms with Gasteiger partial charge in [-0.05, 0) is 29.7 Å². The highest BCUT2D eigenvalue weighted by Gasteiger charge is 2.21. The van der Waals surface area contributed by atoms with E-state index < -0.39 is 0 Å². The molecule has 3 rings (SSSR count). The Morgan fingerprint density at radius 1 is 1.00 bits per heavy atom. The minimum Gasteiger partial charge on any atom is -0.368 e. The number of anilines is 1. The van der Waals surface area contributed by atoms with Gasteiger partial charge in [0, 0.05) is 39.8 Å². The van der Waals surface area contributed by atoms with Crippen LogP contribution in [0.1, 0.15) is 18.1 Å². The van der Waals surface area contributed by atoms with Crippen molar-refractivity contribution in [3.8, 4) is 0 Å². The van der Waals surface area contributed by atoms with Gasteiger partial charge in [-0.2, -0.15) is 0 Å². The fraction of sp³-hybridized carbons (Fsp3) is 0.409. The summed E-state index contributed by atoms with van der Waals surface area (Å²) in [6.45, 7) is 6.79. The second-order valence-corrected chi connectivity index (χ2v) is 7.54. The summed E-state index contributed by atoms with van der Waals surface area (Å²) >= 11 is 6.30. The smallest absolute Gasteiger partial charge is 0.236 e. The highest BCUT2D eigenvalue weighted by atomic mass is 35.5. The Kier molecular flexibility index (Phi) is 6.75. The summed E-state index contributed by atoms with van der Waals surface area (Å²) in [5.41, 5.74) is 3.58. The summed E-state index contributed by atoms with van der Waals surface area (Å²) in [5, 5.41) is 0.788. The number of halogens is 1. The highest BCUT2D eigenvalue weighted by Crippen LogP contribution is 2.26. The maximum absolute atomic E-state index is 12.6. The largest absolute Gasteiger partial charge is 0.368 e. The molecule has 1 aliphatic rings. The predicted octanol–water partition coefficient (Wildman–Crippen LogP) is 3.68. The van der Waals surface area contributed by atoms with Gasteiger partial charge in [-0.15, -0.1) is 0 Å². The second-order valence-electron chi connectivity index (χ2n) is 7.13. The van der Waals surface area contributed by atoms with E-state index in [-0.39, 0.29) is 5.91 Å². The fourth-order valence-electron chi connectivity index (χ4n) is 3.41. The Balaban J connectivity index is 1.47. The van der Waals surface area contributed by atoms with E-state index in [0.29, 0.717) is 13.1 Å². The van der Waals surface area contributed by atoms with Crippen molar-refractivity contribution in [1.82, 2.24) is 9.80 Å². The van der Waals surface area contributed by atoms with Gasteiger partial charge < -0.3 is 9.80 Å². The molecule has 0 unspecified atom stereocenters. The number of benzene rings is 2. The number of carbonyl (C=O) groups excluding carboxylic acids is 1. The number of piperazine rings is 1. The van der Waals surface area contributed by atoms with E-state index in [1.54, 1.807) is 0 Å². The number of para-hydroxylation sites is 1. The molecule has 5 heteroatoms. The first-order valence-corrected chi connectivity index (χ1v) is 9.98. The zero-order valence-electron chi connectivity index (χ0n) is 16.2. The van der Waals surface area contributed by atoms with Gasteiger partial charge in [-0.25, -0.2) is 0 Å². The van der Waals surface area contributed by atoms with Gasteiger partial charge >= 0.3 is 0 Å². The maximum atomic E-state index is 12.6. The Morgan fingerprint density at radius 2 is 1.63 bits per heavy atom. The molecule has 0 spiro atoms. The van der Waals surface area contributed by atoms with Crippen LogP contribution in [0.25, 0.3) is 0 Å². The molecule has 0 atom stereocenters. The minimum absolute atomic E-state index is 0.167. The second kappa shape index (κ2) is 9.25. The van der Waals surface area contributed by atoms with Crippen molar-refractivity contribution < 1.29 is 4.79 Å². The summed E-state index contributed by atoms with van der Waals surface area (Å²) in [6.07, 6.45) is 1.04. The Bertz CT molecular complexity index is 754. The van der Waals surface area contributed by atoms with Crippen LogP contribution in [0, 0.1) is 0 Å². The molecular weight excluding hydrogens is 358 g/mol. The molecule has 0 aromatic heterocycles. The molecule has 0 bridgehead atoms. The molecule has 0 N–H and O–H groups in total. The number of hydrogen-bond acceptors (Lipinski definition) is 3. The molecular formula is C22H28ClN3O. The topological polar surface area (TPSA) is 26.8 Å². The SMILES string of the molecule is CCc1ccc(CN(C)C(=O)CN2CCN(c3ccccc3Cl)CC2)cc1. The number of carbonyl (C=O) groups is 1. The minimum atomic E-state index is 0.167. The average Bonchev–Trinajstić information content (AvgIpc) is 2.69. The van der Waals surface area contributed by atoms with E-state index in [9.17, 15) is 4.79 Å². The fourth-order valence-corrected chi connectivity index (χ4v) is 3.66. The van der Waals surface area contributed by atoms with Crippen LogP contribution < -0.4 is 4.90 Å². The Morgan fingerprint density at radius 3 is 2.26 bits per heavy atom. The molecule has 1 aliphatic heterocycles. The van der Waals surface area contributed by atoms with Crippen LogP contribution in [-0.4, -0.2) is 55.5 Å². The first-order chi connectivity index (χ1) is 13.1. The number of nitrogens with zero attached hydrogens (tertiary/aromatic N) is 3. The summed E-state index contributed by atoms with van der Waals surface area (Å²) in [6, 6.07) is 16.5. The van der Waals surface area contributed by atoms with Crippen molar-refractivity contribution in [3.05, 3.63) is 64.7 Å². The van der Waals surface area contributed by atoms with Crippen molar-refractivity contribution >= 4 is 23.2 Å². The molecule has 1 fully saturated rings. The zero-order chi connectivity index (χ0) is 19.2. The van der Waals surface area contributed by atoms with Gasteiger partial charge in [-0.1, -0.05) is 54.9 Å². The van der Waals surface area contributed by atoms with E-state index in [0.717, 1.165) is 43.3 Å². The molecule has 0 radical (unpaired) electrons. The van der Waals surface area contributed by atoms with E-state index in [1.807, 2.05) is 30.1 Å². The van der Waals surface area contributed by atoms with Crippen LogP contribution in [0.3, 0.4) is 0 Å². The van der Waals surface area contributed by atoms with Crippen molar-refractivity contribution in [2.45, 2.75) is 19.9 Å². The molecule has 0 saturated carbocycles. The third-order valence-electron chi connectivity index (χ3n) is 5.20. The van der Waals surface area contributed by atoms with Crippen LogP contribution in [-0.2, 0) is 17.8 Å². The molecule has 2 aromatic rings. The van der Waals surface area contributed by atoms with Crippen LogP contribution in [0.5, 0.6) is 0 Å². The Hall–Kier alpha value is -2.04. The molecule has 1 amide bonds. The Labute approximate surface area is 167 Å². The highest BCUT2D eigenvalue weighted by molar-refractivity contribution is 6.33. The van der Waals surface area contributed by atoms with Crippen LogP contribution in [0.15, 0.2) is 48.5 Å². The average molecular weight is 386 g/mol. The van der Waals surface area contributed by atoms with E-state index in [2.05, 4.69) is 47.1 Å². The van der Waals surface area contributed by atoms with Gasteiger partial charge in [0.2, 0.25) is 5.91 Å². The molecule has 1 saturated heterocycles. The van der Waals surface area contributed by atoms with Gasteiger partial charge in [0.15, 0.2) is 0 Å². The van der Waals surface area contributed by atoms with Gasteiger partial charge in [0.25, 0.3) is 0 Å². The lowest BCUT2D eigenvalue weighted by Crippen LogP contribution is -2.49. The third-order valence-corrected chi connectivity index (χ3v) is 5.52. The number of aryl methyl sites for hydroxylation is 1. The molecule has 4 nitrogen and oxygen atoms in total. The zero-order valence-corrected chi connectivity index (χ0v) is 17.0. The van der Waals surface area contributed by atoms with Gasteiger partial charge in [0.05, 0.1) is 17.3 Å². The normalized spacial score (nSPS) is 15.0. The van der Waals surface area contributed by atoms with Crippen molar-refractivity contribution in [1.29, 1.82) is 0 Å². The lowest BCUT2D eigenvalue weighted by atomic mass is 10.1. The van der Waals surface area contributed by atoms with E-state index in [1.165, 1.54) is 11.1 Å². The summed E-state index contributed by atoms with van der Waals surface area (Å²) < 4.78 is 0. The summed E-state index contributed by atoms with van der Waals surface area (Å²) in [4.78, 5) is 18.9. The standard InChI is InChI=1S/C22H28ClN3O/c1-3-18-8-10-19(11-9-18)16-24(2)22(27)17-25-12-14-26(15-13-25)21-7-5-4-6-20(21)23/h4-11H,3,12-17H2,1-2H3. The summed E-state index contributed by atoms with van der Waals surface area (Å²) in [7, 11) is 1.88. The maximum Gasteiger partial charge on any atom is 0.236 e. The number of likely N-dealkylation sites (N-methyl/N-ethyl adjacent to an activating group) is 1. The molecule has 2 aromatic carbocycles. The van der Waals surface area contributed by atoms with Gasteiger partial charge in [-0.3, -0.25) is 9.69 Å². The molecule has 144 valence electrons. The van der Waals surface area contributed by atoms with Crippen molar-refractivity contribution in [2.24, 2.45) is 0 Å². The molecule has 27 heavy (non-hydrogen) atoms. The van der Waals surface area contributed by atoms with Gasteiger partial charge in [0.1, 0.15) is 0 Å². The first-order valence-electron chi connectivity index (χ1n) is 9.60. The quantitative estimate of drug-likeness (QED) is 0.758. The molecule has 0 aliphatic carbocycles. The third kappa shape index (κ3) is 5.24. The van der Waals surface area contributed by atoms with Crippen LogP contribution in [0.2, 0.25) is 5.02 Å². The first kappa shape index (κ1) is 19.7. The van der Waals surface area contributed by atoms with Crippen LogP contribution >= 0.6 is 11.6 Å². The predicted molar refractivity (Wildman–Crippen MR) is 112 cm³/mol. The van der Waals surface area contributed by atoms with E-state index in [4.69, 9.17) is 11.6 Å². The summed E-state index contributed by atoms with van der Waals surface area (Å²) in [5.74, 6) is 0.167. The number of amides is 1. The monoisotopic (exact) mass is 385 g/mol. The van der Waals surface area contributed by atoms with Crippen molar-refractivity contribution in [3.63, 3.8) is 0 Å². The lowest BCUT2D eigenvalue weighted by Gasteiger charge is -2.36. The number of hydrogen-bond donors (Lipinski definition) is 0. The van der Waals surface area contributed by atoms with Crippen molar-refractivity contribution in [2.75, 3.05) is 44.7 Å². The van der Waals surface area contributed by atoms with E-state index >= 15 is 0 Å². The lowest BCUT2D eigenvalue weighted by molar-refractivity contribution is -0.131.